The summed E-state index contributed by atoms with van der Waals surface area (Å²) in [5, 5.41) is 13.5. The zero-order chi connectivity index (χ0) is 21.7. The van der Waals surface area contributed by atoms with Gasteiger partial charge in [-0.05, 0) is 13.3 Å². The summed E-state index contributed by atoms with van der Waals surface area (Å²) >= 11 is 0. The quantitative estimate of drug-likeness (QED) is 0.310. The molecule has 3 aliphatic rings. The van der Waals surface area contributed by atoms with Crippen LogP contribution in [0.2, 0.25) is 0 Å². The first-order valence-corrected chi connectivity index (χ1v) is 9.75. The van der Waals surface area contributed by atoms with E-state index in [4.69, 9.17) is 14.2 Å². The van der Waals surface area contributed by atoms with E-state index >= 15 is 0 Å². The molecule has 2 saturated heterocycles. The van der Waals surface area contributed by atoms with Crippen molar-refractivity contribution in [2.75, 3.05) is 7.11 Å². The van der Waals surface area contributed by atoms with Gasteiger partial charge in [0, 0.05) is 18.2 Å². The lowest BCUT2D eigenvalue weighted by Crippen LogP contribution is -2.60. The summed E-state index contributed by atoms with van der Waals surface area (Å²) in [6.45, 7) is 3.50. The topological polar surface area (TPSA) is 114 Å². The van der Waals surface area contributed by atoms with Gasteiger partial charge in [-0.25, -0.2) is 0 Å². The van der Waals surface area contributed by atoms with Crippen LogP contribution in [0, 0.1) is 0 Å². The molecule has 0 radical (unpaired) electrons. The van der Waals surface area contributed by atoms with Gasteiger partial charge in [-0.3, -0.25) is 14.4 Å². The fraction of sp³-hybridized carbons (Fsp3) is 0.409. The first kappa shape index (κ1) is 20.5. The van der Waals surface area contributed by atoms with E-state index < -0.39 is 41.0 Å². The third-order valence-electron chi connectivity index (χ3n) is 5.77. The highest BCUT2D eigenvalue weighted by Crippen LogP contribution is 2.47. The summed E-state index contributed by atoms with van der Waals surface area (Å²) < 4.78 is 16.7. The van der Waals surface area contributed by atoms with Gasteiger partial charge < -0.3 is 24.6 Å². The minimum Gasteiger partial charge on any atom is -0.467 e. The molecular weight excluding hydrogens is 390 g/mol. The Bertz CT molecular complexity index is 969. The molecular formula is C22H23NO7. The van der Waals surface area contributed by atoms with E-state index in [2.05, 4.69) is 5.32 Å². The number of Topliss-reactive ketones (excluding diaryl/α,β-unsaturated/α-hetero) is 2. The van der Waals surface area contributed by atoms with Crippen molar-refractivity contribution in [3.8, 4) is 0 Å². The summed E-state index contributed by atoms with van der Waals surface area (Å²) in [5.74, 6) is -2.13. The van der Waals surface area contributed by atoms with Gasteiger partial charge in [-0.1, -0.05) is 49.4 Å². The van der Waals surface area contributed by atoms with Crippen molar-refractivity contribution in [1.82, 2.24) is 5.32 Å². The van der Waals surface area contributed by atoms with Crippen molar-refractivity contribution in [2.24, 2.45) is 0 Å². The van der Waals surface area contributed by atoms with Gasteiger partial charge >= 0.3 is 0 Å². The van der Waals surface area contributed by atoms with Gasteiger partial charge in [0.15, 0.2) is 6.10 Å². The zero-order valence-electron chi connectivity index (χ0n) is 16.9. The summed E-state index contributed by atoms with van der Waals surface area (Å²) in [5.41, 5.74) is -4.07. The van der Waals surface area contributed by atoms with Gasteiger partial charge in [-0.2, -0.15) is 0 Å². The smallest absolute Gasteiger partial charge is 0.278 e. The number of methoxy groups -OCH3 is 1. The highest BCUT2D eigenvalue weighted by Gasteiger charge is 2.74. The number of aliphatic hydroxyl groups excluding tert-OH is 1. The van der Waals surface area contributed by atoms with Gasteiger partial charge in [0.2, 0.25) is 17.3 Å². The predicted molar refractivity (Wildman–Crippen MR) is 104 cm³/mol. The zero-order valence-corrected chi connectivity index (χ0v) is 16.9. The predicted octanol–water partition coefficient (Wildman–Crippen LogP) is 1.05. The number of nitrogens with one attached hydrogen (secondary N) is 1. The second-order valence-corrected chi connectivity index (χ2v) is 7.51. The number of rotatable bonds is 6. The molecule has 1 amide bonds. The molecule has 1 spiro atoms. The number of hydrogen-bond acceptors (Lipinski definition) is 7. The molecule has 3 heterocycles. The molecule has 8 nitrogen and oxygen atoms in total. The molecule has 30 heavy (non-hydrogen) atoms. The van der Waals surface area contributed by atoms with Crippen LogP contribution in [0.15, 0.2) is 53.8 Å². The number of hydrogen-bond donors (Lipinski definition) is 2. The minimum absolute atomic E-state index is 0.181. The lowest BCUT2D eigenvalue weighted by Gasteiger charge is -2.32. The van der Waals surface area contributed by atoms with Crippen LogP contribution in [-0.2, 0) is 23.8 Å². The minimum atomic E-state index is -2.30. The second kappa shape index (κ2) is 7.16. The highest BCUT2D eigenvalue weighted by atomic mass is 16.6. The van der Waals surface area contributed by atoms with Gasteiger partial charge in [0.25, 0.3) is 11.5 Å². The van der Waals surface area contributed by atoms with Crippen molar-refractivity contribution in [1.29, 1.82) is 0 Å². The first-order valence-electron chi connectivity index (χ1n) is 9.75. The molecule has 8 heteroatoms. The summed E-state index contributed by atoms with van der Waals surface area (Å²) in [6.07, 6.45) is 1.92. The summed E-state index contributed by atoms with van der Waals surface area (Å²) in [6, 6.07) is 8.07. The lowest BCUT2D eigenvalue weighted by atomic mass is 9.85. The van der Waals surface area contributed by atoms with E-state index in [-0.39, 0.29) is 23.0 Å². The summed E-state index contributed by atoms with van der Waals surface area (Å²) in [7, 11) is 1.18. The normalized spacial score (nSPS) is 35.3. The molecule has 2 fully saturated rings. The molecule has 0 aliphatic carbocycles. The van der Waals surface area contributed by atoms with Crippen LogP contribution >= 0.6 is 0 Å². The molecule has 1 aromatic carbocycles. The number of allylic oxidation sites excluding steroid dienone is 1. The van der Waals surface area contributed by atoms with Crippen LogP contribution in [0.5, 0.6) is 0 Å². The fourth-order valence-electron chi connectivity index (χ4n) is 4.02. The maximum absolute atomic E-state index is 13.2. The third-order valence-corrected chi connectivity index (χ3v) is 5.77. The number of aliphatic hydroxyl groups is 1. The van der Waals surface area contributed by atoms with Crippen molar-refractivity contribution in [3.63, 3.8) is 0 Å². The maximum Gasteiger partial charge on any atom is 0.278 e. The van der Waals surface area contributed by atoms with E-state index in [1.165, 1.54) is 26.2 Å². The largest absolute Gasteiger partial charge is 0.467 e. The molecule has 1 aromatic rings. The monoisotopic (exact) mass is 413 g/mol. The molecule has 0 bridgehead atoms. The first-order chi connectivity index (χ1) is 14.3. The van der Waals surface area contributed by atoms with Crippen LogP contribution in [0.4, 0.5) is 0 Å². The van der Waals surface area contributed by atoms with Crippen molar-refractivity contribution in [2.45, 2.75) is 49.9 Å². The van der Waals surface area contributed by atoms with E-state index in [1.807, 2.05) is 19.1 Å². The Balaban J connectivity index is 1.67. The average Bonchev–Trinajstić information content (AvgIpc) is 3.44. The Labute approximate surface area is 173 Å². The molecule has 158 valence electrons. The molecule has 2 N–H and O–H groups in total. The van der Waals surface area contributed by atoms with Crippen LogP contribution in [0.3, 0.4) is 0 Å². The molecule has 0 aromatic heterocycles. The van der Waals surface area contributed by atoms with Crippen LogP contribution in [0.1, 0.15) is 30.6 Å². The number of amides is 1. The average molecular weight is 413 g/mol. The number of carbonyl (C=O) groups excluding carboxylic acids is 3. The van der Waals surface area contributed by atoms with Crippen molar-refractivity contribution >= 4 is 17.5 Å². The maximum atomic E-state index is 13.2. The van der Waals surface area contributed by atoms with Gasteiger partial charge in [0.1, 0.15) is 18.0 Å². The van der Waals surface area contributed by atoms with Gasteiger partial charge in [-0.15, -0.1) is 0 Å². The number of epoxide rings is 1. The molecule has 3 aliphatic heterocycles. The Morgan fingerprint density at radius 2 is 2.00 bits per heavy atom. The lowest BCUT2D eigenvalue weighted by molar-refractivity contribution is -0.160. The van der Waals surface area contributed by atoms with Crippen LogP contribution in [-0.4, -0.2) is 59.3 Å². The second-order valence-electron chi connectivity index (χ2n) is 7.51. The van der Waals surface area contributed by atoms with E-state index in [1.54, 1.807) is 18.2 Å². The Hall–Kier alpha value is -2.81. The number of ketones is 2. The summed E-state index contributed by atoms with van der Waals surface area (Å²) in [4.78, 5) is 39.3. The number of ether oxygens (including phenoxy) is 3. The third kappa shape index (κ3) is 2.68. The van der Waals surface area contributed by atoms with E-state index in [9.17, 15) is 19.5 Å². The fourth-order valence-corrected chi connectivity index (χ4v) is 4.02. The van der Waals surface area contributed by atoms with Crippen molar-refractivity contribution < 1.29 is 33.7 Å². The molecule has 4 rings (SSSR count). The Kier molecular flexibility index (Phi) is 4.88. The van der Waals surface area contributed by atoms with Crippen molar-refractivity contribution in [3.05, 3.63) is 59.4 Å². The standard InChI is InChI=1S/C22H23NO7/c1-4-5-11-14-16(29-14)15-12(2)17(24)21(30-15)19(26)22(28-3,23-20(21)27)18(25)13-9-7-6-8-10-13/h5-11,14,16,19,26H,4H2,1-3H3,(H,23,27)/t14-,16+,19-,21+,22+/m1/s1. The highest BCUT2D eigenvalue weighted by molar-refractivity contribution is 6.23. The van der Waals surface area contributed by atoms with E-state index in [0.29, 0.717) is 0 Å². The Morgan fingerprint density at radius 3 is 2.63 bits per heavy atom. The number of carbonyl (C=O) groups is 3. The van der Waals surface area contributed by atoms with E-state index in [0.717, 1.165) is 6.42 Å². The SMILES string of the molecule is CCC=C[C@H]1O[C@@H]1C1=C(C)C(=O)[C@@]2(O1)C(=O)N[C@](OC)(C(=O)c1ccccc1)[C@@H]2O. The Morgan fingerprint density at radius 1 is 1.30 bits per heavy atom. The molecule has 5 atom stereocenters. The van der Waals surface area contributed by atoms with Crippen LogP contribution in [0.25, 0.3) is 0 Å². The number of benzene rings is 1. The van der Waals surface area contributed by atoms with Crippen LogP contribution < -0.4 is 5.32 Å². The molecule has 0 saturated carbocycles. The van der Waals surface area contributed by atoms with Gasteiger partial charge in [0.05, 0.1) is 0 Å². The molecule has 0 unspecified atom stereocenters.